The zero-order chi connectivity index (χ0) is 16.9. The van der Waals surface area contributed by atoms with Crippen LogP contribution in [-0.4, -0.2) is 41.9 Å². The topological polar surface area (TPSA) is 32.3 Å². The summed E-state index contributed by atoms with van der Waals surface area (Å²) in [6, 6.07) is 7.87. The molecule has 0 spiro atoms. The fourth-order valence-electron chi connectivity index (χ4n) is 2.36. The first-order chi connectivity index (χ1) is 11.2. The van der Waals surface area contributed by atoms with Crippen molar-refractivity contribution in [3.63, 3.8) is 0 Å². The molecule has 4 heteroatoms. The highest BCUT2D eigenvalue weighted by Crippen LogP contribution is 2.17. The fraction of sp³-hybridized carbons (Fsp3) is 0.632. The first-order valence-electron chi connectivity index (χ1n) is 8.94. The van der Waals surface area contributed by atoms with Crippen LogP contribution in [0, 0.1) is 0 Å². The Morgan fingerprint density at radius 3 is 2.35 bits per heavy atom. The minimum Gasteiger partial charge on any atom is -0.385 e. The second-order valence-corrected chi connectivity index (χ2v) is 6.80. The van der Waals surface area contributed by atoms with E-state index in [9.17, 15) is 4.79 Å². The van der Waals surface area contributed by atoms with Crippen LogP contribution in [0.2, 0.25) is 0 Å². The number of benzene rings is 1. The van der Waals surface area contributed by atoms with Crippen molar-refractivity contribution in [2.24, 2.45) is 0 Å². The van der Waals surface area contributed by atoms with Gasteiger partial charge in [0.25, 0.3) is 0 Å². The van der Waals surface area contributed by atoms with Crippen molar-refractivity contribution in [2.75, 3.05) is 37.2 Å². The number of hydrogen-bond donors (Lipinski definition) is 1. The van der Waals surface area contributed by atoms with Crippen LogP contribution in [0.5, 0.6) is 0 Å². The molecule has 1 aromatic rings. The highest BCUT2D eigenvalue weighted by atomic mass is 32.2. The van der Waals surface area contributed by atoms with Gasteiger partial charge in [-0.25, -0.2) is 0 Å². The third-order valence-corrected chi connectivity index (χ3v) is 4.97. The van der Waals surface area contributed by atoms with Crippen LogP contribution < -0.4 is 5.32 Å². The lowest BCUT2D eigenvalue weighted by atomic mass is 10.2. The van der Waals surface area contributed by atoms with Crippen LogP contribution >= 0.6 is 11.8 Å². The zero-order valence-electron chi connectivity index (χ0n) is 14.9. The molecule has 0 saturated carbocycles. The van der Waals surface area contributed by atoms with Gasteiger partial charge in [0, 0.05) is 23.5 Å². The molecule has 1 N–H and O–H groups in total. The van der Waals surface area contributed by atoms with Crippen LogP contribution in [0.15, 0.2) is 24.3 Å². The molecule has 1 rings (SSSR count). The van der Waals surface area contributed by atoms with Crippen LogP contribution in [0.4, 0.5) is 5.69 Å². The summed E-state index contributed by atoms with van der Waals surface area (Å²) >= 11 is 1.45. The van der Waals surface area contributed by atoms with E-state index in [0.717, 1.165) is 49.6 Å². The first-order valence-corrected chi connectivity index (χ1v) is 9.93. The SMILES string of the molecule is CCCCNc1ccc(C(=O)SCCCCN(CC)CC)cc1. The second kappa shape index (κ2) is 12.4. The average Bonchev–Trinajstić information content (AvgIpc) is 2.59. The van der Waals surface area contributed by atoms with Gasteiger partial charge in [-0.15, -0.1) is 0 Å². The molecule has 0 heterocycles. The minimum atomic E-state index is 0.188. The van der Waals surface area contributed by atoms with E-state index < -0.39 is 0 Å². The normalized spacial score (nSPS) is 11.0. The Morgan fingerprint density at radius 1 is 1.04 bits per heavy atom. The van der Waals surface area contributed by atoms with Gasteiger partial charge in [-0.05, 0) is 63.2 Å². The predicted molar refractivity (Wildman–Crippen MR) is 104 cm³/mol. The number of hydrogen-bond acceptors (Lipinski definition) is 4. The van der Waals surface area contributed by atoms with E-state index in [1.54, 1.807) is 0 Å². The summed E-state index contributed by atoms with van der Waals surface area (Å²) in [7, 11) is 0. The second-order valence-electron chi connectivity index (χ2n) is 5.73. The summed E-state index contributed by atoms with van der Waals surface area (Å²) in [6.07, 6.45) is 4.63. The summed E-state index contributed by atoms with van der Waals surface area (Å²) in [5.74, 6) is 0.913. The van der Waals surface area contributed by atoms with Gasteiger partial charge in [-0.2, -0.15) is 0 Å². The van der Waals surface area contributed by atoms with Crippen molar-refractivity contribution in [3.8, 4) is 0 Å². The minimum absolute atomic E-state index is 0.188. The van der Waals surface area contributed by atoms with Crippen LogP contribution in [-0.2, 0) is 0 Å². The summed E-state index contributed by atoms with van der Waals surface area (Å²) in [6.45, 7) is 10.9. The molecule has 0 atom stereocenters. The quantitative estimate of drug-likeness (QED) is 0.551. The molecule has 0 radical (unpaired) electrons. The maximum atomic E-state index is 12.2. The van der Waals surface area contributed by atoms with E-state index in [0.29, 0.717) is 0 Å². The molecule has 0 aliphatic heterocycles. The van der Waals surface area contributed by atoms with Crippen LogP contribution in [0.3, 0.4) is 0 Å². The van der Waals surface area contributed by atoms with Gasteiger partial charge < -0.3 is 10.2 Å². The van der Waals surface area contributed by atoms with E-state index >= 15 is 0 Å². The third kappa shape index (κ3) is 8.42. The number of carbonyl (C=O) groups excluding carboxylic acids is 1. The van der Waals surface area contributed by atoms with Gasteiger partial charge in [0.15, 0.2) is 0 Å². The molecule has 3 nitrogen and oxygen atoms in total. The third-order valence-electron chi connectivity index (χ3n) is 3.98. The molecule has 0 amide bonds. The highest BCUT2D eigenvalue weighted by molar-refractivity contribution is 8.14. The molecular formula is C19H32N2OS. The molecule has 0 bridgehead atoms. The molecule has 0 aliphatic carbocycles. The number of thioether (sulfide) groups is 1. The van der Waals surface area contributed by atoms with Gasteiger partial charge in [0.05, 0.1) is 0 Å². The molecule has 130 valence electrons. The Morgan fingerprint density at radius 2 is 1.74 bits per heavy atom. The van der Waals surface area contributed by atoms with Gasteiger partial charge in [-0.3, -0.25) is 4.79 Å². The Labute approximate surface area is 146 Å². The summed E-state index contributed by atoms with van der Waals surface area (Å²) in [4.78, 5) is 14.6. The largest absolute Gasteiger partial charge is 0.385 e. The molecule has 1 aromatic carbocycles. The average molecular weight is 337 g/mol. The zero-order valence-corrected chi connectivity index (χ0v) is 15.8. The number of rotatable bonds is 12. The number of nitrogens with zero attached hydrogens (tertiary/aromatic N) is 1. The number of carbonyl (C=O) groups is 1. The number of nitrogens with one attached hydrogen (secondary N) is 1. The van der Waals surface area contributed by atoms with E-state index in [-0.39, 0.29) is 5.12 Å². The lowest BCUT2D eigenvalue weighted by molar-refractivity contribution is 0.108. The van der Waals surface area contributed by atoms with Crippen LogP contribution in [0.1, 0.15) is 56.8 Å². The van der Waals surface area contributed by atoms with Gasteiger partial charge >= 0.3 is 0 Å². The van der Waals surface area contributed by atoms with Crippen molar-refractivity contribution in [1.29, 1.82) is 0 Å². The summed E-state index contributed by atoms with van der Waals surface area (Å²) in [5, 5.41) is 3.56. The van der Waals surface area contributed by atoms with E-state index in [1.807, 2.05) is 24.3 Å². The van der Waals surface area contributed by atoms with Crippen molar-refractivity contribution in [2.45, 2.75) is 46.5 Å². The number of anilines is 1. The summed E-state index contributed by atoms with van der Waals surface area (Å²) in [5.41, 5.74) is 1.90. The number of unbranched alkanes of at least 4 members (excludes halogenated alkanes) is 2. The van der Waals surface area contributed by atoms with E-state index in [4.69, 9.17) is 0 Å². The van der Waals surface area contributed by atoms with Crippen molar-refractivity contribution < 1.29 is 4.79 Å². The van der Waals surface area contributed by atoms with Crippen molar-refractivity contribution >= 4 is 22.6 Å². The Balaban J connectivity index is 2.24. The van der Waals surface area contributed by atoms with E-state index in [1.165, 1.54) is 31.0 Å². The van der Waals surface area contributed by atoms with Crippen LogP contribution in [0.25, 0.3) is 0 Å². The lowest BCUT2D eigenvalue weighted by Gasteiger charge is -2.17. The molecular weight excluding hydrogens is 304 g/mol. The summed E-state index contributed by atoms with van der Waals surface area (Å²) < 4.78 is 0. The molecule has 0 saturated heterocycles. The predicted octanol–water partition coefficient (Wildman–Crippen LogP) is 4.89. The standard InChI is InChI=1S/C19H32N2OS/c1-4-7-14-20-18-12-10-17(11-13-18)19(22)23-16-9-8-15-21(5-2)6-3/h10-13,20H,4-9,14-16H2,1-3H3. The molecule has 0 fully saturated rings. The fourth-order valence-corrected chi connectivity index (χ4v) is 3.20. The molecule has 0 aliphatic rings. The maximum Gasteiger partial charge on any atom is 0.219 e. The smallest absolute Gasteiger partial charge is 0.219 e. The lowest BCUT2D eigenvalue weighted by Crippen LogP contribution is -2.23. The van der Waals surface area contributed by atoms with Crippen molar-refractivity contribution in [3.05, 3.63) is 29.8 Å². The van der Waals surface area contributed by atoms with Crippen molar-refractivity contribution in [1.82, 2.24) is 4.90 Å². The molecule has 0 aromatic heterocycles. The maximum absolute atomic E-state index is 12.2. The first kappa shape index (κ1) is 20.0. The Kier molecular flexibility index (Phi) is 10.8. The van der Waals surface area contributed by atoms with E-state index in [2.05, 4.69) is 31.0 Å². The van der Waals surface area contributed by atoms with Gasteiger partial charge in [0.1, 0.15) is 0 Å². The van der Waals surface area contributed by atoms with Gasteiger partial charge in [0.2, 0.25) is 5.12 Å². The Bertz CT molecular complexity index is 430. The Hall–Kier alpha value is -1.00. The molecule has 0 unspecified atom stereocenters. The highest BCUT2D eigenvalue weighted by Gasteiger charge is 2.06. The van der Waals surface area contributed by atoms with Gasteiger partial charge in [-0.1, -0.05) is 39.0 Å². The monoisotopic (exact) mass is 336 g/mol. The molecule has 23 heavy (non-hydrogen) atoms.